The fourth-order valence-corrected chi connectivity index (χ4v) is 18.2. The van der Waals surface area contributed by atoms with Gasteiger partial charge in [-0.2, -0.15) is 0 Å². The molecule has 0 aliphatic heterocycles. The van der Waals surface area contributed by atoms with Crippen LogP contribution in [0.4, 0.5) is 0 Å². The molecule has 10 nitrogen and oxygen atoms in total. The van der Waals surface area contributed by atoms with E-state index in [1.807, 2.05) is 48.5 Å². The number of unbranched alkanes of at least 4 members (excludes halogenated alkanes) is 58. The molecule has 0 aliphatic rings. The van der Waals surface area contributed by atoms with Gasteiger partial charge in [-0.05, 0) is 101 Å². The Kier molecular flexibility index (Phi) is 75.9. The Hall–Kier alpha value is -7.92. The van der Waals surface area contributed by atoms with E-state index in [1.54, 1.807) is 0 Å². The SMILES string of the molecule is CCCCCCCCCCCCOc1cc(C#Cc2cc(OCCCCC(=O)N(CCCCCCCC)CCCCCCCC)c(C#Cc3cc(OCCCCCCCCCCCC)c(C#Cc4ccccc4)cc3OCCCCCCCCCCCC)cc2OCCCCC(=O)N(CCCCCCCC)CCCCCCCC)c(OCCCCCCCCCCCC)cc1C#Cc1ccccc1. The van der Waals surface area contributed by atoms with Crippen LogP contribution in [0.2, 0.25) is 0 Å². The highest BCUT2D eigenvalue weighted by atomic mass is 16.5. The van der Waals surface area contributed by atoms with Gasteiger partial charge in [-0.25, -0.2) is 0 Å². The molecule has 0 heterocycles. The Morgan fingerprint density at radius 2 is 0.341 bits per heavy atom. The molecule has 0 saturated carbocycles. The highest BCUT2D eigenvalue weighted by Crippen LogP contribution is 2.35. The van der Waals surface area contributed by atoms with Crippen molar-refractivity contribution in [3.8, 4) is 81.9 Å². The van der Waals surface area contributed by atoms with Crippen LogP contribution in [-0.2, 0) is 9.59 Å². The molecule has 0 radical (unpaired) electrons. The lowest BCUT2D eigenvalue weighted by Crippen LogP contribution is -2.33. The van der Waals surface area contributed by atoms with Crippen molar-refractivity contribution in [3.05, 3.63) is 142 Å². The summed E-state index contributed by atoms with van der Waals surface area (Å²) in [6.45, 7) is 24.4. The lowest BCUT2D eigenvalue weighted by Gasteiger charge is -2.23. The minimum absolute atomic E-state index is 0.247. The van der Waals surface area contributed by atoms with Crippen LogP contribution in [0.3, 0.4) is 0 Å². The second-order valence-electron chi connectivity index (χ2n) is 39.8. The van der Waals surface area contributed by atoms with Gasteiger partial charge in [-0.1, -0.05) is 499 Å². The van der Waals surface area contributed by atoms with Crippen molar-refractivity contribution in [3.63, 3.8) is 0 Å². The molecule has 5 aromatic rings. The van der Waals surface area contributed by atoms with E-state index in [4.69, 9.17) is 28.4 Å². The molecule has 0 saturated heterocycles. The van der Waals surface area contributed by atoms with E-state index in [0.29, 0.717) is 135 Å². The molecular formula is C128H200N2O8. The van der Waals surface area contributed by atoms with E-state index >= 15 is 0 Å². The van der Waals surface area contributed by atoms with Gasteiger partial charge in [0.1, 0.15) is 34.5 Å². The minimum atomic E-state index is 0.247. The number of nitrogens with zero attached hydrogens (tertiary/aromatic N) is 2. The van der Waals surface area contributed by atoms with Gasteiger partial charge in [-0.3, -0.25) is 9.59 Å². The summed E-state index contributed by atoms with van der Waals surface area (Å²) in [5.74, 6) is 33.3. The number of rotatable bonds is 88. The molecule has 2 amide bonds. The standard InChI is InChI=1S/C128H200N2O8/c1-9-17-25-33-41-45-49-53-61-77-101-133-121-109-117(123(107-115(121)91-89-113-83-67-65-68-84-113)135-103-79-63-55-51-47-43-35-27-19-11-3)93-95-119-111-126(138-106-82-72-88-128(132)130(99-75-59-39-31-23-15-7)100-76-60-40-32-24-16-8)120(112-125(119)137-105-81-71-87-127(131)129(97-73-57-37-29-21-13-5)98-74-58-38-30-22-14-6)96-94-118-110-122(134-102-78-62-54-50-46-42-34-26-18-10-2)116(92-90-114-85-69-66-70-86-114)108-124(118)136-104-80-64-56-52-48-44-36-28-20-12-4/h65-70,83-86,107-112H,9-64,71-82,87-88,97-106H2,1-8H3. The number of benzene rings is 5. The van der Waals surface area contributed by atoms with E-state index in [9.17, 15) is 9.59 Å². The van der Waals surface area contributed by atoms with Gasteiger partial charge in [0.2, 0.25) is 11.8 Å². The van der Waals surface area contributed by atoms with Crippen LogP contribution in [0.1, 0.15) is 549 Å². The molecule has 5 aromatic carbocycles. The fraction of sp³-hybridized carbons (Fsp3) is 0.688. The molecule has 0 fully saturated rings. The minimum Gasteiger partial charge on any atom is -0.492 e. The Bertz CT molecular complexity index is 3770. The first-order valence-electron chi connectivity index (χ1n) is 58.2. The van der Waals surface area contributed by atoms with Crippen LogP contribution in [0, 0.1) is 47.4 Å². The third-order valence-electron chi connectivity index (χ3n) is 27.1. The van der Waals surface area contributed by atoms with Crippen molar-refractivity contribution in [1.29, 1.82) is 0 Å². The van der Waals surface area contributed by atoms with Crippen LogP contribution in [0.5, 0.6) is 34.5 Å². The molecule has 0 N–H and O–H groups in total. The van der Waals surface area contributed by atoms with Gasteiger partial charge in [0, 0.05) is 86.5 Å². The molecular weight excluding hydrogens is 1690 g/mol. The smallest absolute Gasteiger partial charge is 0.222 e. The zero-order valence-corrected chi connectivity index (χ0v) is 90.0. The van der Waals surface area contributed by atoms with Crippen LogP contribution >= 0.6 is 0 Å². The largest absolute Gasteiger partial charge is 0.492 e. The summed E-state index contributed by atoms with van der Waals surface area (Å²) in [7, 11) is 0. The molecule has 138 heavy (non-hydrogen) atoms. The number of hydrogen-bond acceptors (Lipinski definition) is 8. The summed E-state index contributed by atoms with van der Waals surface area (Å²) >= 11 is 0. The third kappa shape index (κ3) is 61.0. The number of carbonyl (C=O) groups excluding carboxylic acids is 2. The van der Waals surface area contributed by atoms with Crippen molar-refractivity contribution in [2.24, 2.45) is 0 Å². The van der Waals surface area contributed by atoms with Crippen molar-refractivity contribution >= 4 is 11.8 Å². The average molecular weight is 1900 g/mol. The Morgan fingerprint density at radius 1 is 0.188 bits per heavy atom. The normalized spacial score (nSPS) is 11.0. The van der Waals surface area contributed by atoms with E-state index in [0.717, 1.165) is 151 Å². The zero-order valence-electron chi connectivity index (χ0n) is 90.0. The van der Waals surface area contributed by atoms with Gasteiger partial charge in [0.15, 0.2) is 0 Å². The summed E-state index contributed by atoms with van der Waals surface area (Å²) in [5.41, 5.74) is 6.06. The van der Waals surface area contributed by atoms with Gasteiger partial charge >= 0.3 is 0 Å². The highest BCUT2D eigenvalue weighted by molar-refractivity contribution is 5.76. The van der Waals surface area contributed by atoms with E-state index in [1.165, 1.54) is 308 Å². The van der Waals surface area contributed by atoms with Crippen LogP contribution < -0.4 is 28.4 Å². The molecule has 0 unspecified atom stereocenters. The first-order chi connectivity index (χ1) is 68.2. The summed E-state index contributed by atoms with van der Waals surface area (Å²) in [6, 6.07) is 32.8. The zero-order chi connectivity index (χ0) is 98.2. The Balaban J connectivity index is 1.75. The van der Waals surface area contributed by atoms with Crippen molar-refractivity contribution in [1.82, 2.24) is 9.80 Å². The first kappa shape index (κ1) is 121. The summed E-state index contributed by atoms with van der Waals surface area (Å²) in [4.78, 5) is 33.4. The second-order valence-corrected chi connectivity index (χ2v) is 39.8. The fourth-order valence-electron chi connectivity index (χ4n) is 18.2. The topological polar surface area (TPSA) is 96.0 Å². The maximum Gasteiger partial charge on any atom is 0.222 e. The van der Waals surface area contributed by atoms with E-state index in [-0.39, 0.29) is 11.8 Å². The van der Waals surface area contributed by atoms with Gasteiger partial charge in [0.25, 0.3) is 0 Å². The second kappa shape index (κ2) is 86.9. The average Bonchev–Trinajstić information content (AvgIpc) is 0.815. The van der Waals surface area contributed by atoms with Crippen LogP contribution in [-0.4, -0.2) is 87.4 Å². The van der Waals surface area contributed by atoms with Crippen LogP contribution in [0.25, 0.3) is 0 Å². The Labute approximate surface area is 848 Å². The van der Waals surface area contributed by atoms with Gasteiger partial charge in [0.05, 0.1) is 73.0 Å². The molecule has 770 valence electrons. The summed E-state index contributed by atoms with van der Waals surface area (Å²) in [6.07, 6.45) is 81.5. The summed E-state index contributed by atoms with van der Waals surface area (Å²) < 4.78 is 42.2. The molecule has 0 bridgehead atoms. The quantitative estimate of drug-likeness (QED) is 0.0281. The third-order valence-corrected chi connectivity index (χ3v) is 27.1. The Morgan fingerprint density at radius 3 is 0.522 bits per heavy atom. The molecule has 5 rings (SSSR count). The highest BCUT2D eigenvalue weighted by Gasteiger charge is 2.20. The number of carbonyl (C=O) groups is 2. The van der Waals surface area contributed by atoms with Crippen molar-refractivity contribution < 1.29 is 38.0 Å². The summed E-state index contributed by atoms with van der Waals surface area (Å²) in [5, 5.41) is 0. The predicted molar refractivity (Wildman–Crippen MR) is 591 cm³/mol. The first-order valence-corrected chi connectivity index (χ1v) is 58.2. The number of amides is 2. The van der Waals surface area contributed by atoms with Crippen LogP contribution in [0.15, 0.2) is 97.1 Å². The van der Waals surface area contributed by atoms with E-state index in [2.05, 4.69) is 161 Å². The molecule has 0 atom stereocenters. The maximum atomic E-state index is 14.5. The monoisotopic (exact) mass is 1890 g/mol. The van der Waals surface area contributed by atoms with Gasteiger partial charge in [-0.15, -0.1) is 0 Å². The molecule has 0 spiro atoms. The van der Waals surface area contributed by atoms with Crippen molar-refractivity contribution in [2.45, 2.75) is 505 Å². The van der Waals surface area contributed by atoms with E-state index < -0.39 is 0 Å². The molecule has 0 aliphatic carbocycles. The lowest BCUT2D eigenvalue weighted by molar-refractivity contribution is -0.132. The molecule has 0 aromatic heterocycles. The number of ether oxygens (including phenoxy) is 6. The number of hydrogen-bond donors (Lipinski definition) is 0. The van der Waals surface area contributed by atoms with Crippen molar-refractivity contribution in [2.75, 3.05) is 65.8 Å². The lowest BCUT2D eigenvalue weighted by atomic mass is 10.0. The maximum absolute atomic E-state index is 14.5. The predicted octanol–water partition coefficient (Wildman–Crippen LogP) is 36.7. The molecule has 10 heteroatoms. The van der Waals surface area contributed by atoms with Gasteiger partial charge < -0.3 is 38.2 Å².